The fraction of sp³-hybridized carbons (Fsp3) is 0.500. The Balaban J connectivity index is 1.69. The summed E-state index contributed by atoms with van der Waals surface area (Å²) in [6.45, 7) is 5.01. The van der Waals surface area contributed by atoms with E-state index in [2.05, 4.69) is 22.4 Å². The first-order valence-electron chi connectivity index (χ1n) is 7.93. The van der Waals surface area contributed by atoms with E-state index in [1.54, 1.807) is 4.68 Å². The zero-order valence-electron chi connectivity index (χ0n) is 13.5. The zero-order chi connectivity index (χ0) is 16.2. The number of aryl methyl sites for hydroxylation is 1. The highest BCUT2D eigenvalue weighted by atomic mass is 32.2. The van der Waals surface area contributed by atoms with Crippen LogP contribution in [0.15, 0.2) is 29.4 Å². The van der Waals surface area contributed by atoms with Crippen LogP contribution in [0.2, 0.25) is 0 Å². The lowest BCUT2D eigenvalue weighted by atomic mass is 10.0. The molecule has 2 aromatic rings. The molecule has 6 nitrogen and oxygen atoms in total. The number of para-hydroxylation sites is 1. The van der Waals surface area contributed by atoms with Gasteiger partial charge in [-0.2, -0.15) is 4.68 Å². The number of carbonyl (C=O) groups is 1. The van der Waals surface area contributed by atoms with Crippen molar-refractivity contribution in [2.75, 3.05) is 12.3 Å². The largest absolute Gasteiger partial charge is 0.339 e. The van der Waals surface area contributed by atoms with Gasteiger partial charge in [0.2, 0.25) is 11.1 Å². The van der Waals surface area contributed by atoms with Gasteiger partial charge in [-0.1, -0.05) is 30.0 Å². The zero-order valence-corrected chi connectivity index (χ0v) is 14.3. The van der Waals surface area contributed by atoms with Crippen LogP contribution in [0.4, 0.5) is 0 Å². The molecular weight excluding hydrogens is 310 g/mol. The molecule has 3 rings (SSSR count). The third-order valence-electron chi connectivity index (χ3n) is 4.23. The molecule has 0 saturated carbocycles. The molecule has 23 heavy (non-hydrogen) atoms. The molecule has 1 aromatic heterocycles. The molecule has 0 unspecified atom stereocenters. The maximum atomic E-state index is 12.4. The number of hydrogen-bond donors (Lipinski definition) is 0. The van der Waals surface area contributed by atoms with Crippen LogP contribution in [-0.4, -0.2) is 49.4 Å². The second-order valence-electron chi connectivity index (χ2n) is 5.88. The van der Waals surface area contributed by atoms with Crippen LogP contribution in [0.3, 0.4) is 0 Å². The highest BCUT2D eigenvalue weighted by molar-refractivity contribution is 7.99. The van der Waals surface area contributed by atoms with Crippen LogP contribution >= 0.6 is 11.8 Å². The van der Waals surface area contributed by atoms with Crippen molar-refractivity contribution >= 4 is 17.7 Å². The summed E-state index contributed by atoms with van der Waals surface area (Å²) < 4.78 is 1.70. The molecule has 1 fully saturated rings. The SMILES string of the molecule is Cc1ccccc1-n1nnnc1SCC(=O)N1CCCC[C@@H]1C. The molecule has 0 spiro atoms. The molecule has 1 aromatic carbocycles. The second-order valence-corrected chi connectivity index (χ2v) is 6.82. The quantitative estimate of drug-likeness (QED) is 0.805. The Morgan fingerprint density at radius 1 is 1.35 bits per heavy atom. The lowest BCUT2D eigenvalue weighted by Gasteiger charge is -2.33. The molecule has 0 radical (unpaired) electrons. The minimum Gasteiger partial charge on any atom is -0.339 e. The summed E-state index contributed by atoms with van der Waals surface area (Å²) in [5, 5.41) is 12.5. The minimum absolute atomic E-state index is 0.168. The summed E-state index contributed by atoms with van der Waals surface area (Å²) in [5.74, 6) is 0.540. The fourth-order valence-corrected chi connectivity index (χ4v) is 3.67. The van der Waals surface area contributed by atoms with Crippen LogP contribution in [0.25, 0.3) is 5.69 Å². The first-order chi connectivity index (χ1) is 11.2. The number of tetrazole rings is 1. The summed E-state index contributed by atoms with van der Waals surface area (Å²) in [5.41, 5.74) is 2.04. The predicted octanol–water partition coefficient (Wildman–Crippen LogP) is 2.46. The van der Waals surface area contributed by atoms with Gasteiger partial charge < -0.3 is 4.90 Å². The van der Waals surface area contributed by atoms with Crippen molar-refractivity contribution < 1.29 is 4.79 Å². The average Bonchev–Trinajstić information content (AvgIpc) is 3.02. The summed E-state index contributed by atoms with van der Waals surface area (Å²) in [6, 6.07) is 8.27. The van der Waals surface area contributed by atoms with Gasteiger partial charge in [0, 0.05) is 12.6 Å². The standard InChI is InChI=1S/C16H21N5OS/c1-12-7-3-4-9-14(12)21-16(17-18-19-21)23-11-15(22)20-10-6-5-8-13(20)2/h3-4,7,9,13H,5-6,8,10-11H2,1-2H3/t13-/m0/s1. The van der Waals surface area contributed by atoms with Crippen LogP contribution in [0.5, 0.6) is 0 Å². The van der Waals surface area contributed by atoms with E-state index in [-0.39, 0.29) is 5.91 Å². The number of nitrogens with zero attached hydrogens (tertiary/aromatic N) is 5. The Hall–Kier alpha value is -1.89. The number of piperidine rings is 1. The van der Waals surface area contributed by atoms with Gasteiger partial charge in [-0.3, -0.25) is 4.79 Å². The Kier molecular flexibility index (Phi) is 4.95. The highest BCUT2D eigenvalue weighted by Crippen LogP contribution is 2.22. The Morgan fingerprint density at radius 3 is 2.96 bits per heavy atom. The predicted molar refractivity (Wildman–Crippen MR) is 89.6 cm³/mol. The number of likely N-dealkylation sites (tertiary alicyclic amines) is 1. The monoisotopic (exact) mass is 331 g/mol. The number of rotatable bonds is 4. The molecule has 0 N–H and O–H groups in total. The van der Waals surface area contributed by atoms with Gasteiger partial charge in [-0.25, -0.2) is 0 Å². The van der Waals surface area contributed by atoms with Crippen molar-refractivity contribution in [3.63, 3.8) is 0 Å². The lowest BCUT2D eigenvalue weighted by molar-refractivity contribution is -0.131. The fourth-order valence-electron chi connectivity index (χ4n) is 2.90. The van der Waals surface area contributed by atoms with Crippen LogP contribution in [0, 0.1) is 6.92 Å². The van der Waals surface area contributed by atoms with E-state index >= 15 is 0 Å². The molecule has 1 saturated heterocycles. The van der Waals surface area contributed by atoms with E-state index in [1.165, 1.54) is 18.2 Å². The van der Waals surface area contributed by atoms with Gasteiger partial charge in [0.1, 0.15) is 0 Å². The summed E-state index contributed by atoms with van der Waals surface area (Å²) in [7, 11) is 0. The molecule has 1 aliphatic rings. The molecule has 2 heterocycles. The maximum Gasteiger partial charge on any atom is 0.233 e. The smallest absolute Gasteiger partial charge is 0.233 e. The van der Waals surface area contributed by atoms with E-state index in [0.717, 1.165) is 30.6 Å². The van der Waals surface area contributed by atoms with Crippen molar-refractivity contribution in [1.29, 1.82) is 0 Å². The molecule has 1 atom stereocenters. The van der Waals surface area contributed by atoms with Gasteiger partial charge in [-0.05, 0) is 55.2 Å². The van der Waals surface area contributed by atoms with Gasteiger partial charge in [0.05, 0.1) is 11.4 Å². The average molecular weight is 331 g/mol. The third kappa shape index (κ3) is 3.55. The number of aromatic nitrogens is 4. The van der Waals surface area contributed by atoms with Gasteiger partial charge in [0.25, 0.3) is 0 Å². The highest BCUT2D eigenvalue weighted by Gasteiger charge is 2.23. The topological polar surface area (TPSA) is 63.9 Å². The molecule has 7 heteroatoms. The number of hydrogen-bond acceptors (Lipinski definition) is 5. The van der Waals surface area contributed by atoms with Gasteiger partial charge in [0.15, 0.2) is 0 Å². The summed E-state index contributed by atoms with van der Waals surface area (Å²) in [6.07, 6.45) is 3.41. The first-order valence-corrected chi connectivity index (χ1v) is 8.92. The molecule has 1 aliphatic heterocycles. The van der Waals surface area contributed by atoms with Crippen LogP contribution < -0.4 is 0 Å². The molecule has 1 amide bonds. The number of benzene rings is 1. The van der Waals surface area contributed by atoms with Crippen molar-refractivity contribution in [3.8, 4) is 5.69 Å². The van der Waals surface area contributed by atoms with Crippen molar-refractivity contribution in [1.82, 2.24) is 25.1 Å². The number of carbonyl (C=O) groups excluding carboxylic acids is 1. The Bertz CT molecular complexity index is 687. The summed E-state index contributed by atoms with van der Waals surface area (Å²) in [4.78, 5) is 14.4. The molecule has 0 aliphatic carbocycles. The van der Waals surface area contributed by atoms with Crippen molar-refractivity contribution in [3.05, 3.63) is 29.8 Å². The van der Waals surface area contributed by atoms with E-state index in [4.69, 9.17) is 0 Å². The van der Waals surface area contributed by atoms with E-state index < -0.39 is 0 Å². The molecule has 0 bridgehead atoms. The van der Waals surface area contributed by atoms with Crippen molar-refractivity contribution in [2.45, 2.75) is 44.3 Å². The third-order valence-corrected chi connectivity index (χ3v) is 5.14. The minimum atomic E-state index is 0.168. The number of amides is 1. The second kappa shape index (κ2) is 7.12. The Morgan fingerprint density at radius 2 is 2.17 bits per heavy atom. The molecule has 122 valence electrons. The Labute approximate surface area is 140 Å². The van der Waals surface area contributed by atoms with Gasteiger partial charge in [-0.15, -0.1) is 5.10 Å². The van der Waals surface area contributed by atoms with Crippen LogP contribution in [-0.2, 0) is 4.79 Å². The molecular formula is C16H21N5OS. The van der Waals surface area contributed by atoms with Crippen molar-refractivity contribution in [2.24, 2.45) is 0 Å². The maximum absolute atomic E-state index is 12.4. The normalized spacial score (nSPS) is 18.2. The number of thioether (sulfide) groups is 1. The van der Waals surface area contributed by atoms with E-state index in [1.807, 2.05) is 36.1 Å². The van der Waals surface area contributed by atoms with E-state index in [0.29, 0.717) is 17.0 Å². The van der Waals surface area contributed by atoms with E-state index in [9.17, 15) is 4.79 Å². The summed E-state index contributed by atoms with van der Waals surface area (Å²) >= 11 is 1.40. The van der Waals surface area contributed by atoms with Gasteiger partial charge >= 0.3 is 0 Å². The lowest BCUT2D eigenvalue weighted by Crippen LogP contribution is -2.43. The van der Waals surface area contributed by atoms with Crippen LogP contribution in [0.1, 0.15) is 31.7 Å². The first kappa shape index (κ1) is 16.0.